The summed E-state index contributed by atoms with van der Waals surface area (Å²) in [5, 5.41) is 2.92. The van der Waals surface area contributed by atoms with Crippen molar-refractivity contribution in [3.8, 4) is 0 Å². The number of aromatic nitrogens is 1. The maximum Gasteiger partial charge on any atom is 0.252 e. The van der Waals surface area contributed by atoms with Gasteiger partial charge in [0.05, 0.1) is 11.7 Å². The van der Waals surface area contributed by atoms with Crippen molar-refractivity contribution in [3.05, 3.63) is 23.9 Å². The Morgan fingerprint density at radius 3 is 2.68 bits per heavy atom. The summed E-state index contributed by atoms with van der Waals surface area (Å²) in [6, 6.07) is 3.70. The van der Waals surface area contributed by atoms with Crippen molar-refractivity contribution in [2.75, 3.05) is 44.2 Å². The van der Waals surface area contributed by atoms with Crippen LogP contribution in [0.4, 0.5) is 5.82 Å². The molecule has 3 heterocycles. The first kappa shape index (κ1) is 20.6. The Morgan fingerprint density at radius 1 is 1.29 bits per heavy atom. The lowest BCUT2D eigenvalue weighted by atomic mass is 10.0. The van der Waals surface area contributed by atoms with E-state index in [2.05, 4.69) is 29.0 Å². The minimum absolute atomic E-state index is 0.116. The Morgan fingerprint density at radius 2 is 2.07 bits per heavy atom. The molecule has 0 spiro atoms. The minimum Gasteiger partial charge on any atom is -0.376 e. The maximum absolute atomic E-state index is 12.3. The van der Waals surface area contributed by atoms with Gasteiger partial charge < -0.3 is 19.9 Å². The highest BCUT2D eigenvalue weighted by Gasteiger charge is 2.23. The van der Waals surface area contributed by atoms with Crippen LogP contribution in [0.2, 0.25) is 0 Å². The average Bonchev–Trinajstić information content (AvgIpc) is 3.26. The number of amides is 2. The Labute approximate surface area is 167 Å². The number of ether oxygens (including phenoxy) is 1. The van der Waals surface area contributed by atoms with Crippen molar-refractivity contribution in [1.82, 2.24) is 15.2 Å². The van der Waals surface area contributed by atoms with E-state index in [1.54, 1.807) is 6.20 Å². The van der Waals surface area contributed by atoms with Crippen LogP contribution in [-0.2, 0) is 9.53 Å². The predicted molar refractivity (Wildman–Crippen MR) is 108 cm³/mol. The van der Waals surface area contributed by atoms with E-state index in [0.29, 0.717) is 24.4 Å². The van der Waals surface area contributed by atoms with E-state index in [0.717, 1.165) is 57.9 Å². The van der Waals surface area contributed by atoms with Gasteiger partial charge in [-0.25, -0.2) is 4.98 Å². The fourth-order valence-electron chi connectivity index (χ4n) is 3.58. The highest BCUT2D eigenvalue weighted by molar-refractivity contribution is 5.94. The second kappa shape index (κ2) is 9.87. The van der Waals surface area contributed by atoms with Crippen LogP contribution in [0.15, 0.2) is 18.3 Å². The third-order valence-electron chi connectivity index (χ3n) is 5.70. The summed E-state index contributed by atoms with van der Waals surface area (Å²) in [6.45, 7) is 8.56. The molecule has 28 heavy (non-hydrogen) atoms. The molecule has 2 saturated heterocycles. The van der Waals surface area contributed by atoms with Crippen LogP contribution in [0.3, 0.4) is 0 Å². The second-order valence-corrected chi connectivity index (χ2v) is 7.84. The predicted octanol–water partition coefficient (Wildman–Crippen LogP) is 2.08. The molecule has 0 aliphatic carbocycles. The molecule has 154 valence electrons. The SMILES string of the molecule is CCC(C)CC(=O)N1CCN(c2ccc(C(=O)NCC3CCCO3)cn2)CC1. The molecule has 2 unspecified atom stereocenters. The van der Waals surface area contributed by atoms with Gasteiger partial charge in [0.1, 0.15) is 5.82 Å². The van der Waals surface area contributed by atoms with E-state index in [9.17, 15) is 9.59 Å². The molecule has 0 bridgehead atoms. The van der Waals surface area contributed by atoms with Crippen LogP contribution < -0.4 is 10.2 Å². The molecular weight excluding hydrogens is 356 g/mol. The van der Waals surface area contributed by atoms with Gasteiger partial charge in [-0.05, 0) is 30.9 Å². The molecule has 2 atom stereocenters. The zero-order valence-corrected chi connectivity index (χ0v) is 17.0. The van der Waals surface area contributed by atoms with Crippen molar-refractivity contribution in [2.24, 2.45) is 5.92 Å². The van der Waals surface area contributed by atoms with Gasteiger partial charge >= 0.3 is 0 Å². The van der Waals surface area contributed by atoms with Gasteiger partial charge in [0.25, 0.3) is 5.91 Å². The number of pyridine rings is 1. The van der Waals surface area contributed by atoms with Gasteiger partial charge in [0, 0.05) is 51.9 Å². The summed E-state index contributed by atoms with van der Waals surface area (Å²) in [5.41, 5.74) is 0.559. The highest BCUT2D eigenvalue weighted by atomic mass is 16.5. The van der Waals surface area contributed by atoms with Crippen LogP contribution in [0.1, 0.15) is 49.9 Å². The van der Waals surface area contributed by atoms with Crippen LogP contribution in [-0.4, -0.2) is 67.1 Å². The van der Waals surface area contributed by atoms with Crippen molar-refractivity contribution >= 4 is 17.6 Å². The van der Waals surface area contributed by atoms with E-state index in [1.807, 2.05) is 17.0 Å². The standard InChI is InChI=1S/C21H32N4O3/c1-3-16(2)13-20(26)25-10-8-24(9-11-25)19-7-6-17(14-22-19)21(27)23-15-18-5-4-12-28-18/h6-7,14,16,18H,3-5,8-13,15H2,1-2H3,(H,23,27). The molecule has 2 aliphatic rings. The fourth-order valence-corrected chi connectivity index (χ4v) is 3.58. The summed E-state index contributed by atoms with van der Waals surface area (Å²) in [6.07, 6.45) is 5.49. The summed E-state index contributed by atoms with van der Waals surface area (Å²) in [5.74, 6) is 1.42. The largest absolute Gasteiger partial charge is 0.376 e. The lowest BCUT2D eigenvalue weighted by Crippen LogP contribution is -2.49. The van der Waals surface area contributed by atoms with Gasteiger partial charge in [0.2, 0.25) is 5.91 Å². The number of carbonyl (C=O) groups excluding carboxylic acids is 2. The fraction of sp³-hybridized carbons (Fsp3) is 0.667. The maximum atomic E-state index is 12.3. The molecule has 1 N–H and O–H groups in total. The van der Waals surface area contributed by atoms with Gasteiger partial charge in [-0.3, -0.25) is 9.59 Å². The number of carbonyl (C=O) groups is 2. The van der Waals surface area contributed by atoms with Crippen LogP contribution >= 0.6 is 0 Å². The lowest BCUT2D eigenvalue weighted by molar-refractivity contribution is -0.132. The van der Waals surface area contributed by atoms with Crippen molar-refractivity contribution in [1.29, 1.82) is 0 Å². The van der Waals surface area contributed by atoms with Gasteiger partial charge in [-0.1, -0.05) is 20.3 Å². The number of rotatable bonds is 7. The Balaban J connectivity index is 1.46. The van der Waals surface area contributed by atoms with Crippen molar-refractivity contribution < 1.29 is 14.3 Å². The number of hydrogen-bond acceptors (Lipinski definition) is 5. The lowest BCUT2D eigenvalue weighted by Gasteiger charge is -2.35. The molecule has 0 aromatic carbocycles. The summed E-state index contributed by atoms with van der Waals surface area (Å²) in [7, 11) is 0. The number of nitrogens with zero attached hydrogens (tertiary/aromatic N) is 3. The smallest absolute Gasteiger partial charge is 0.252 e. The highest BCUT2D eigenvalue weighted by Crippen LogP contribution is 2.16. The summed E-state index contributed by atoms with van der Waals surface area (Å²) in [4.78, 5) is 33.2. The number of piperazine rings is 1. The summed E-state index contributed by atoms with van der Waals surface area (Å²) < 4.78 is 5.53. The zero-order valence-electron chi connectivity index (χ0n) is 17.0. The van der Waals surface area contributed by atoms with Gasteiger partial charge in [-0.2, -0.15) is 0 Å². The first-order valence-electron chi connectivity index (χ1n) is 10.5. The van der Waals surface area contributed by atoms with Crippen LogP contribution in [0.25, 0.3) is 0 Å². The van der Waals surface area contributed by atoms with E-state index in [1.165, 1.54) is 0 Å². The topological polar surface area (TPSA) is 74.8 Å². The Bertz CT molecular complexity index is 650. The number of nitrogens with one attached hydrogen (secondary N) is 1. The molecule has 2 aliphatic heterocycles. The molecule has 2 fully saturated rings. The Kier molecular flexibility index (Phi) is 7.25. The monoisotopic (exact) mass is 388 g/mol. The van der Waals surface area contributed by atoms with Gasteiger partial charge in [0.15, 0.2) is 0 Å². The molecule has 0 saturated carbocycles. The molecule has 1 aromatic rings. The minimum atomic E-state index is -0.116. The molecule has 2 amide bonds. The third-order valence-corrected chi connectivity index (χ3v) is 5.70. The molecule has 0 radical (unpaired) electrons. The van der Waals surface area contributed by atoms with E-state index in [4.69, 9.17) is 4.74 Å². The van der Waals surface area contributed by atoms with Crippen molar-refractivity contribution in [2.45, 2.75) is 45.6 Å². The first-order valence-corrected chi connectivity index (χ1v) is 10.5. The second-order valence-electron chi connectivity index (χ2n) is 7.84. The van der Waals surface area contributed by atoms with Crippen LogP contribution in [0, 0.1) is 5.92 Å². The van der Waals surface area contributed by atoms with E-state index in [-0.39, 0.29) is 17.9 Å². The molecular formula is C21H32N4O3. The third kappa shape index (κ3) is 5.44. The number of anilines is 1. The normalized spacial score (nSPS) is 20.9. The van der Waals surface area contributed by atoms with Gasteiger partial charge in [-0.15, -0.1) is 0 Å². The molecule has 3 rings (SSSR count). The first-order chi connectivity index (χ1) is 13.6. The van der Waals surface area contributed by atoms with E-state index < -0.39 is 0 Å². The number of hydrogen-bond donors (Lipinski definition) is 1. The Hall–Kier alpha value is -2.15. The quantitative estimate of drug-likeness (QED) is 0.774. The molecule has 7 heteroatoms. The van der Waals surface area contributed by atoms with Crippen LogP contribution in [0.5, 0.6) is 0 Å². The average molecular weight is 389 g/mol. The van der Waals surface area contributed by atoms with E-state index >= 15 is 0 Å². The molecule has 1 aromatic heterocycles. The van der Waals surface area contributed by atoms with Crippen molar-refractivity contribution in [3.63, 3.8) is 0 Å². The zero-order chi connectivity index (χ0) is 19.9. The summed E-state index contributed by atoms with van der Waals surface area (Å²) >= 11 is 0. The molecule has 7 nitrogen and oxygen atoms in total.